The number of nitrogens with one attached hydrogen (secondary N) is 2. The van der Waals surface area contributed by atoms with Crippen LogP contribution >= 0.6 is 0 Å². The first-order valence-electron chi connectivity index (χ1n) is 19.1. The van der Waals surface area contributed by atoms with E-state index in [2.05, 4.69) is 48.4 Å². The molecule has 4 N–H and O–H groups in total. The SMILES string of the molecule is COc1c(CN2O[C@@H](CO)[C@@H]([C@H](C)O)[C@H]2C(=O)N[C@H]2C[C@@H]3C[C@@H]([C@@H]2C)C3(C)C)cccc1-c1cccc(C(=O)N[C@H](Cc2ccccc2)CN(C)C)c1. The van der Waals surface area contributed by atoms with Gasteiger partial charge in [0.25, 0.3) is 5.91 Å². The van der Waals surface area contributed by atoms with Gasteiger partial charge in [-0.25, -0.2) is 0 Å². The summed E-state index contributed by atoms with van der Waals surface area (Å²) in [5.74, 6) is 1.08. The molecular weight excluding hydrogens is 668 g/mol. The van der Waals surface area contributed by atoms with Gasteiger partial charge in [0.15, 0.2) is 0 Å². The molecule has 1 aliphatic heterocycles. The highest BCUT2D eigenvalue weighted by Gasteiger charge is 2.57. The molecule has 10 nitrogen and oxygen atoms in total. The monoisotopic (exact) mass is 726 g/mol. The van der Waals surface area contributed by atoms with Gasteiger partial charge in [-0.3, -0.25) is 14.4 Å². The van der Waals surface area contributed by atoms with Crippen LogP contribution < -0.4 is 15.4 Å². The molecule has 0 radical (unpaired) electrons. The predicted molar refractivity (Wildman–Crippen MR) is 206 cm³/mol. The van der Waals surface area contributed by atoms with Gasteiger partial charge < -0.3 is 30.5 Å². The fourth-order valence-corrected chi connectivity index (χ4v) is 9.43. The molecule has 1 saturated heterocycles. The van der Waals surface area contributed by atoms with Crippen molar-refractivity contribution in [3.05, 3.63) is 89.5 Å². The highest BCUT2D eigenvalue weighted by molar-refractivity contribution is 5.96. The van der Waals surface area contributed by atoms with E-state index >= 15 is 0 Å². The molecule has 4 aliphatic rings. The summed E-state index contributed by atoms with van der Waals surface area (Å²) < 4.78 is 6.02. The first-order valence-corrected chi connectivity index (χ1v) is 19.1. The minimum atomic E-state index is -0.892. The largest absolute Gasteiger partial charge is 0.496 e. The Bertz CT molecular complexity index is 1730. The normalized spacial score (nSPS) is 27.5. The van der Waals surface area contributed by atoms with Crippen LogP contribution in [-0.2, 0) is 22.6 Å². The molecule has 10 heteroatoms. The summed E-state index contributed by atoms with van der Waals surface area (Å²) in [5, 5.41) is 29.4. The number of carbonyl (C=O) groups excluding carboxylic acids is 2. The number of rotatable bonds is 14. The molecule has 1 heterocycles. The van der Waals surface area contributed by atoms with Gasteiger partial charge in [0, 0.05) is 41.2 Å². The van der Waals surface area contributed by atoms with E-state index in [0.29, 0.717) is 42.0 Å². The van der Waals surface area contributed by atoms with E-state index < -0.39 is 24.2 Å². The van der Waals surface area contributed by atoms with Crippen LogP contribution in [0.3, 0.4) is 0 Å². The lowest BCUT2D eigenvalue weighted by molar-refractivity contribution is -0.183. The average molecular weight is 727 g/mol. The Morgan fingerprint density at radius 1 is 1.06 bits per heavy atom. The van der Waals surface area contributed by atoms with Crippen molar-refractivity contribution < 1.29 is 29.4 Å². The van der Waals surface area contributed by atoms with Gasteiger partial charge in [-0.2, -0.15) is 5.06 Å². The zero-order valence-electron chi connectivity index (χ0n) is 32.3. The molecule has 2 bridgehead atoms. The number of hydrogen-bond donors (Lipinski definition) is 4. The molecule has 4 fully saturated rings. The Morgan fingerprint density at radius 3 is 2.43 bits per heavy atom. The lowest BCUT2D eigenvalue weighted by Crippen LogP contribution is -2.62. The van der Waals surface area contributed by atoms with Crippen molar-refractivity contribution >= 4 is 11.8 Å². The van der Waals surface area contributed by atoms with Crippen molar-refractivity contribution in [1.29, 1.82) is 0 Å². The topological polar surface area (TPSA) is 124 Å². The maximum Gasteiger partial charge on any atom is 0.251 e. The Hall–Kier alpha value is -3.80. The van der Waals surface area contributed by atoms with Crippen LogP contribution in [0.4, 0.5) is 0 Å². The highest BCUT2D eigenvalue weighted by atomic mass is 16.7. The van der Waals surface area contributed by atoms with E-state index in [9.17, 15) is 19.8 Å². The number of hydrogen-bond acceptors (Lipinski definition) is 8. The molecule has 3 aromatic rings. The number of methoxy groups -OCH3 is 1. The predicted octanol–water partition coefficient (Wildman–Crippen LogP) is 4.93. The van der Waals surface area contributed by atoms with E-state index in [1.807, 2.05) is 74.8 Å². The lowest BCUT2D eigenvalue weighted by atomic mass is 9.45. The number of ether oxygens (including phenoxy) is 1. The van der Waals surface area contributed by atoms with Crippen LogP contribution in [0.2, 0.25) is 0 Å². The van der Waals surface area contributed by atoms with Gasteiger partial charge in [0.05, 0.1) is 26.4 Å². The minimum absolute atomic E-state index is 0.0443. The summed E-state index contributed by atoms with van der Waals surface area (Å²) >= 11 is 0. The van der Waals surface area contributed by atoms with Crippen LogP contribution in [-0.4, -0.2) is 96.7 Å². The summed E-state index contributed by atoms with van der Waals surface area (Å²) in [6.45, 7) is 9.10. The molecule has 0 aromatic heterocycles. The van der Waals surface area contributed by atoms with Crippen LogP contribution in [0.5, 0.6) is 5.75 Å². The number of amides is 2. The molecule has 7 rings (SSSR count). The number of aliphatic hydroxyl groups excluding tert-OH is 2. The van der Waals surface area contributed by atoms with Crippen molar-refractivity contribution in [2.45, 2.75) is 83.8 Å². The maximum atomic E-state index is 14.2. The van der Waals surface area contributed by atoms with Crippen LogP contribution in [0.25, 0.3) is 11.1 Å². The third-order valence-corrected chi connectivity index (χ3v) is 12.4. The first-order chi connectivity index (χ1) is 25.3. The van der Waals surface area contributed by atoms with E-state index in [4.69, 9.17) is 9.57 Å². The second-order valence-electron chi connectivity index (χ2n) is 16.4. The third kappa shape index (κ3) is 8.17. The lowest BCUT2D eigenvalue weighted by Gasteiger charge is -2.62. The zero-order chi connectivity index (χ0) is 38.0. The highest BCUT2D eigenvalue weighted by Crippen LogP contribution is 2.61. The van der Waals surface area contributed by atoms with Gasteiger partial charge in [-0.1, -0.05) is 81.4 Å². The molecule has 3 saturated carbocycles. The van der Waals surface area contributed by atoms with Crippen LogP contribution in [0, 0.1) is 29.1 Å². The van der Waals surface area contributed by atoms with Crippen molar-refractivity contribution in [3.8, 4) is 16.9 Å². The quantitative estimate of drug-likeness (QED) is 0.185. The fourth-order valence-electron chi connectivity index (χ4n) is 9.43. The molecular formula is C43H58N4O6. The number of likely N-dealkylation sites (N-methyl/N-ethyl adjacent to an activating group) is 1. The van der Waals surface area contributed by atoms with E-state index in [1.165, 1.54) is 6.42 Å². The Labute approximate surface area is 314 Å². The zero-order valence-corrected chi connectivity index (χ0v) is 32.3. The number of para-hydroxylation sites is 1. The molecule has 53 heavy (non-hydrogen) atoms. The maximum absolute atomic E-state index is 14.2. The van der Waals surface area contributed by atoms with Crippen LogP contribution in [0.1, 0.15) is 62.0 Å². The Kier molecular flexibility index (Phi) is 12.0. The Balaban J connectivity index is 1.23. The number of carbonyl (C=O) groups is 2. The first kappa shape index (κ1) is 38.9. The summed E-state index contributed by atoms with van der Waals surface area (Å²) in [7, 11) is 5.61. The smallest absolute Gasteiger partial charge is 0.251 e. The average Bonchev–Trinajstić information content (AvgIpc) is 3.51. The third-order valence-electron chi connectivity index (χ3n) is 12.4. The minimum Gasteiger partial charge on any atom is -0.496 e. The molecule has 286 valence electrons. The van der Waals surface area contributed by atoms with E-state index in [1.54, 1.807) is 19.1 Å². The van der Waals surface area contributed by atoms with Crippen molar-refractivity contribution in [2.24, 2.45) is 29.1 Å². The molecule has 0 spiro atoms. The number of hydroxylamine groups is 2. The number of fused-ring (bicyclic) bond motifs is 2. The number of aliphatic hydroxyl groups is 2. The molecule has 9 atom stereocenters. The standard InChI is InChI=1S/C43H58N4O6/c1-26-35-21-32(43(35,3)4)22-36(26)45-42(51)39-38(27(2)49)37(25-48)53-47(39)23-31-17-12-18-34(40(31)52-7)29-15-11-16-30(20-29)41(50)44-33(24-46(5)6)19-28-13-9-8-10-14-28/h8-18,20,26-27,32-33,35-39,48-49H,19,21-25H2,1-7H3,(H,44,50)(H,45,51)/t26-,27-,32-,33+,35-,36-,37-,38+,39-/m0/s1. The second-order valence-corrected chi connectivity index (χ2v) is 16.4. The molecule has 2 amide bonds. The summed E-state index contributed by atoms with van der Waals surface area (Å²) in [5.41, 5.74) is 4.35. The van der Waals surface area contributed by atoms with Gasteiger partial charge >= 0.3 is 0 Å². The van der Waals surface area contributed by atoms with Gasteiger partial charge in [0.1, 0.15) is 17.9 Å². The van der Waals surface area contributed by atoms with Crippen molar-refractivity contribution in [3.63, 3.8) is 0 Å². The van der Waals surface area contributed by atoms with Crippen molar-refractivity contribution in [1.82, 2.24) is 20.6 Å². The fraction of sp³-hybridized carbons (Fsp3) is 0.535. The molecule has 3 aromatic carbocycles. The van der Waals surface area contributed by atoms with Crippen molar-refractivity contribution in [2.75, 3.05) is 34.4 Å². The summed E-state index contributed by atoms with van der Waals surface area (Å²) in [6.07, 6.45) is 1.21. The van der Waals surface area contributed by atoms with E-state index in [0.717, 1.165) is 28.7 Å². The molecule has 0 unspecified atom stereocenters. The van der Waals surface area contributed by atoms with Crippen LogP contribution in [0.15, 0.2) is 72.8 Å². The van der Waals surface area contributed by atoms with Gasteiger partial charge in [-0.15, -0.1) is 0 Å². The van der Waals surface area contributed by atoms with Gasteiger partial charge in [-0.05, 0) is 86.7 Å². The number of nitrogens with zero attached hydrogens (tertiary/aromatic N) is 2. The summed E-state index contributed by atoms with van der Waals surface area (Å²) in [4.78, 5) is 36.2. The van der Waals surface area contributed by atoms with Gasteiger partial charge in [0.2, 0.25) is 5.91 Å². The Morgan fingerprint density at radius 2 is 1.79 bits per heavy atom. The summed E-state index contributed by atoms with van der Waals surface area (Å²) in [6, 6.07) is 22.6. The molecule has 3 aliphatic carbocycles. The van der Waals surface area contributed by atoms with E-state index in [-0.39, 0.29) is 42.5 Å². The second kappa shape index (κ2) is 16.3. The number of benzene rings is 3.